The van der Waals surface area contributed by atoms with Crippen LogP contribution in [-0.2, 0) is 11.3 Å². The minimum Gasteiger partial charge on any atom is -0.383 e. The van der Waals surface area contributed by atoms with E-state index in [1.165, 1.54) is 5.56 Å². The Bertz CT molecular complexity index is 553. The van der Waals surface area contributed by atoms with Crippen molar-refractivity contribution in [2.75, 3.05) is 32.5 Å². The van der Waals surface area contributed by atoms with Crippen LogP contribution in [0.4, 0.5) is 5.13 Å². The predicted octanol–water partition coefficient (Wildman–Crippen LogP) is 2.98. The number of hydrogen-bond donors (Lipinski definition) is 1. The lowest BCUT2D eigenvalue weighted by molar-refractivity contribution is 0.136. The molecular formula is C15H23N3OS. The topological polar surface area (TPSA) is 51.4 Å². The minimum atomic E-state index is 0.635. The van der Waals surface area contributed by atoms with Crippen molar-refractivity contribution >= 4 is 26.7 Å². The van der Waals surface area contributed by atoms with E-state index in [0.717, 1.165) is 36.5 Å². The van der Waals surface area contributed by atoms with Gasteiger partial charge in [0.1, 0.15) is 0 Å². The number of nitrogens with zero attached hydrogens (tertiary/aromatic N) is 2. The molecule has 4 nitrogen and oxygen atoms in total. The molecule has 0 unspecified atom stereocenters. The Labute approximate surface area is 124 Å². The molecule has 0 saturated heterocycles. The summed E-state index contributed by atoms with van der Waals surface area (Å²) in [5.41, 5.74) is 8.05. The number of fused-ring (bicyclic) bond motifs is 1. The van der Waals surface area contributed by atoms with E-state index in [-0.39, 0.29) is 0 Å². The van der Waals surface area contributed by atoms with Gasteiger partial charge in [-0.2, -0.15) is 0 Å². The molecule has 110 valence electrons. The van der Waals surface area contributed by atoms with Crippen molar-refractivity contribution in [1.82, 2.24) is 9.88 Å². The highest BCUT2D eigenvalue weighted by atomic mass is 32.1. The van der Waals surface area contributed by atoms with Gasteiger partial charge < -0.3 is 10.5 Å². The summed E-state index contributed by atoms with van der Waals surface area (Å²) in [6.45, 7) is 8.22. The summed E-state index contributed by atoms with van der Waals surface area (Å²) in [6, 6.07) is 6.40. The summed E-state index contributed by atoms with van der Waals surface area (Å²) in [5, 5.41) is 0.635. The lowest BCUT2D eigenvalue weighted by Crippen LogP contribution is -2.30. The van der Waals surface area contributed by atoms with Crippen LogP contribution in [0.2, 0.25) is 0 Å². The van der Waals surface area contributed by atoms with E-state index in [2.05, 4.69) is 41.9 Å². The average Bonchev–Trinajstić information content (AvgIpc) is 2.74. The number of methoxy groups -OCH3 is 1. The molecule has 0 aliphatic heterocycles. The molecule has 0 aliphatic rings. The fourth-order valence-electron chi connectivity index (χ4n) is 2.32. The number of aromatic nitrogens is 1. The Morgan fingerprint density at radius 1 is 1.40 bits per heavy atom. The quantitative estimate of drug-likeness (QED) is 0.852. The molecule has 1 heterocycles. The molecule has 20 heavy (non-hydrogen) atoms. The van der Waals surface area contributed by atoms with Crippen LogP contribution in [0.15, 0.2) is 18.2 Å². The maximum absolute atomic E-state index is 5.75. The van der Waals surface area contributed by atoms with Crippen LogP contribution < -0.4 is 5.73 Å². The van der Waals surface area contributed by atoms with Gasteiger partial charge in [0.05, 0.1) is 16.8 Å². The van der Waals surface area contributed by atoms with E-state index in [0.29, 0.717) is 11.0 Å². The van der Waals surface area contributed by atoms with E-state index in [1.807, 2.05) is 0 Å². The number of hydrogen-bond acceptors (Lipinski definition) is 5. The van der Waals surface area contributed by atoms with Gasteiger partial charge in [-0.05, 0) is 23.6 Å². The molecule has 2 aromatic rings. The zero-order valence-electron chi connectivity index (χ0n) is 12.4. The average molecular weight is 293 g/mol. The lowest BCUT2D eigenvalue weighted by atomic mass is 10.1. The van der Waals surface area contributed by atoms with Crippen LogP contribution >= 0.6 is 11.3 Å². The molecule has 0 saturated carbocycles. The normalized spacial score (nSPS) is 11.8. The first-order valence-corrected chi connectivity index (χ1v) is 7.76. The molecule has 5 heteroatoms. The Hall–Kier alpha value is -1.17. The number of nitrogen functional groups attached to an aromatic ring is 1. The van der Waals surface area contributed by atoms with Crippen molar-refractivity contribution in [3.05, 3.63) is 23.8 Å². The predicted molar refractivity (Wildman–Crippen MR) is 86.0 cm³/mol. The molecule has 2 rings (SSSR count). The second-order valence-corrected chi connectivity index (χ2v) is 6.54. The van der Waals surface area contributed by atoms with E-state index in [4.69, 9.17) is 10.5 Å². The number of thiazole rings is 1. The largest absolute Gasteiger partial charge is 0.383 e. The van der Waals surface area contributed by atoms with Crippen molar-refractivity contribution in [3.63, 3.8) is 0 Å². The summed E-state index contributed by atoms with van der Waals surface area (Å²) >= 11 is 1.55. The molecule has 0 atom stereocenters. The van der Waals surface area contributed by atoms with Crippen molar-refractivity contribution in [2.45, 2.75) is 20.4 Å². The Balaban J connectivity index is 2.09. The molecule has 2 N–H and O–H groups in total. The molecule has 0 fully saturated rings. The van der Waals surface area contributed by atoms with Gasteiger partial charge in [-0.3, -0.25) is 4.90 Å². The van der Waals surface area contributed by atoms with Crippen LogP contribution in [0.1, 0.15) is 19.4 Å². The van der Waals surface area contributed by atoms with Crippen LogP contribution in [0.3, 0.4) is 0 Å². The van der Waals surface area contributed by atoms with Gasteiger partial charge in [0.15, 0.2) is 5.13 Å². The monoisotopic (exact) mass is 293 g/mol. The maximum Gasteiger partial charge on any atom is 0.181 e. The Kier molecular flexibility index (Phi) is 5.34. The molecule has 0 radical (unpaired) electrons. The third-order valence-electron chi connectivity index (χ3n) is 3.11. The fourth-order valence-corrected chi connectivity index (χ4v) is 3.11. The van der Waals surface area contributed by atoms with Gasteiger partial charge >= 0.3 is 0 Å². The number of rotatable bonds is 7. The highest BCUT2D eigenvalue weighted by Crippen LogP contribution is 2.25. The summed E-state index contributed by atoms with van der Waals surface area (Å²) in [4.78, 5) is 6.72. The highest BCUT2D eigenvalue weighted by molar-refractivity contribution is 7.22. The zero-order chi connectivity index (χ0) is 14.5. The fraction of sp³-hybridized carbons (Fsp3) is 0.533. The molecule has 0 bridgehead atoms. The van der Waals surface area contributed by atoms with Crippen LogP contribution in [-0.4, -0.2) is 36.7 Å². The van der Waals surface area contributed by atoms with Crippen LogP contribution in [0, 0.1) is 5.92 Å². The summed E-state index contributed by atoms with van der Waals surface area (Å²) in [5.74, 6) is 0.648. The Morgan fingerprint density at radius 3 is 2.90 bits per heavy atom. The SMILES string of the molecule is COCCN(Cc1ccc2nc(N)sc2c1)CC(C)C. The molecular weight excluding hydrogens is 270 g/mol. The van der Waals surface area contributed by atoms with Gasteiger partial charge in [0.2, 0.25) is 0 Å². The number of anilines is 1. The van der Waals surface area contributed by atoms with Crippen molar-refractivity contribution in [2.24, 2.45) is 5.92 Å². The van der Waals surface area contributed by atoms with E-state index >= 15 is 0 Å². The second-order valence-electron chi connectivity index (χ2n) is 5.48. The number of nitrogens with two attached hydrogens (primary N) is 1. The van der Waals surface area contributed by atoms with Crippen LogP contribution in [0.5, 0.6) is 0 Å². The third-order valence-corrected chi connectivity index (χ3v) is 3.96. The van der Waals surface area contributed by atoms with Crippen molar-refractivity contribution < 1.29 is 4.74 Å². The van der Waals surface area contributed by atoms with Gasteiger partial charge in [-0.1, -0.05) is 31.3 Å². The molecule has 0 aliphatic carbocycles. The van der Waals surface area contributed by atoms with Crippen molar-refractivity contribution in [1.29, 1.82) is 0 Å². The molecule has 1 aromatic heterocycles. The number of benzene rings is 1. The summed E-state index contributed by atoms with van der Waals surface area (Å²) in [7, 11) is 1.75. The smallest absolute Gasteiger partial charge is 0.181 e. The molecule has 0 spiro atoms. The number of ether oxygens (including phenoxy) is 1. The minimum absolute atomic E-state index is 0.635. The lowest BCUT2D eigenvalue weighted by Gasteiger charge is -2.24. The first-order chi connectivity index (χ1) is 9.58. The molecule has 1 aromatic carbocycles. The van der Waals surface area contributed by atoms with Crippen molar-refractivity contribution in [3.8, 4) is 0 Å². The van der Waals surface area contributed by atoms with Gasteiger partial charge in [-0.15, -0.1) is 0 Å². The second kappa shape index (κ2) is 7.02. The standard InChI is InChI=1S/C15H23N3OS/c1-11(2)9-18(6-7-19-3)10-12-4-5-13-14(8-12)20-15(16)17-13/h4-5,8,11H,6-7,9-10H2,1-3H3,(H2,16,17). The Morgan fingerprint density at radius 2 is 2.20 bits per heavy atom. The van der Waals surface area contributed by atoms with Gasteiger partial charge in [-0.25, -0.2) is 4.98 Å². The molecule has 0 amide bonds. The first kappa shape index (κ1) is 15.2. The third kappa shape index (κ3) is 4.16. The maximum atomic E-state index is 5.75. The zero-order valence-corrected chi connectivity index (χ0v) is 13.2. The summed E-state index contributed by atoms with van der Waals surface area (Å²) in [6.07, 6.45) is 0. The van der Waals surface area contributed by atoms with Crippen LogP contribution in [0.25, 0.3) is 10.2 Å². The highest BCUT2D eigenvalue weighted by Gasteiger charge is 2.09. The first-order valence-electron chi connectivity index (χ1n) is 6.94. The van der Waals surface area contributed by atoms with Gasteiger partial charge in [0.25, 0.3) is 0 Å². The van der Waals surface area contributed by atoms with Gasteiger partial charge in [0, 0.05) is 26.7 Å². The van der Waals surface area contributed by atoms with E-state index < -0.39 is 0 Å². The summed E-state index contributed by atoms with van der Waals surface area (Å²) < 4.78 is 6.36. The van der Waals surface area contributed by atoms with E-state index in [9.17, 15) is 0 Å². The van der Waals surface area contributed by atoms with E-state index in [1.54, 1.807) is 18.4 Å².